The zero-order chi connectivity index (χ0) is 12.5. The van der Waals surface area contributed by atoms with Crippen molar-refractivity contribution in [1.82, 2.24) is 4.98 Å². The highest BCUT2D eigenvalue weighted by Gasteiger charge is 2.13. The Hall–Kier alpha value is -2.09. The minimum Gasteiger partial charge on any atom is -0.436 e. The van der Waals surface area contributed by atoms with Gasteiger partial charge in [0.05, 0.1) is 0 Å². The molecule has 0 spiro atoms. The largest absolute Gasteiger partial charge is 0.436 e. The standard InChI is InChI=1S/C16H15NO/c1-3-12-8-6-7-11(2)15(12)16-17-13-9-4-5-10-14(13)18-16/h4-10H,3H2,1-2H3. The fourth-order valence-corrected chi connectivity index (χ4v) is 2.31. The van der Waals surface area contributed by atoms with Crippen LogP contribution in [0.1, 0.15) is 18.1 Å². The predicted molar refractivity (Wildman–Crippen MR) is 73.6 cm³/mol. The maximum atomic E-state index is 5.87. The summed E-state index contributed by atoms with van der Waals surface area (Å²) in [5, 5.41) is 0. The van der Waals surface area contributed by atoms with Crippen molar-refractivity contribution in [1.29, 1.82) is 0 Å². The topological polar surface area (TPSA) is 26.0 Å². The quantitative estimate of drug-likeness (QED) is 0.661. The molecule has 90 valence electrons. The monoisotopic (exact) mass is 237 g/mol. The first-order valence-electron chi connectivity index (χ1n) is 6.24. The molecule has 0 saturated carbocycles. The van der Waals surface area contributed by atoms with Crippen LogP contribution in [0.2, 0.25) is 0 Å². The molecule has 2 heteroatoms. The average molecular weight is 237 g/mol. The zero-order valence-electron chi connectivity index (χ0n) is 10.6. The van der Waals surface area contributed by atoms with E-state index in [0.29, 0.717) is 0 Å². The average Bonchev–Trinajstić information content (AvgIpc) is 2.81. The second-order valence-corrected chi connectivity index (χ2v) is 4.45. The Morgan fingerprint density at radius 1 is 1.06 bits per heavy atom. The first-order chi connectivity index (χ1) is 8.79. The normalized spacial score (nSPS) is 11.0. The predicted octanol–water partition coefficient (Wildman–Crippen LogP) is 4.37. The summed E-state index contributed by atoms with van der Waals surface area (Å²) in [5.41, 5.74) is 5.38. The molecule has 0 aliphatic rings. The van der Waals surface area contributed by atoms with Gasteiger partial charge < -0.3 is 4.42 Å². The maximum Gasteiger partial charge on any atom is 0.227 e. The third-order valence-corrected chi connectivity index (χ3v) is 3.25. The SMILES string of the molecule is CCc1cccc(C)c1-c1nc2ccccc2o1. The number of oxazole rings is 1. The highest BCUT2D eigenvalue weighted by atomic mass is 16.3. The molecular formula is C16H15NO. The second kappa shape index (κ2) is 4.30. The van der Waals surface area contributed by atoms with Gasteiger partial charge in [-0.2, -0.15) is 0 Å². The molecular weight excluding hydrogens is 222 g/mol. The lowest BCUT2D eigenvalue weighted by atomic mass is 10.0. The van der Waals surface area contributed by atoms with Crippen LogP contribution in [0.5, 0.6) is 0 Å². The van der Waals surface area contributed by atoms with Crippen molar-refractivity contribution in [2.24, 2.45) is 0 Å². The van der Waals surface area contributed by atoms with E-state index in [4.69, 9.17) is 4.42 Å². The van der Waals surface area contributed by atoms with Crippen LogP contribution in [0.4, 0.5) is 0 Å². The summed E-state index contributed by atoms with van der Waals surface area (Å²) in [6.07, 6.45) is 0.982. The molecule has 0 fully saturated rings. The zero-order valence-corrected chi connectivity index (χ0v) is 10.6. The van der Waals surface area contributed by atoms with Crippen LogP contribution in [0.25, 0.3) is 22.6 Å². The number of aryl methyl sites for hydroxylation is 2. The highest BCUT2D eigenvalue weighted by Crippen LogP contribution is 2.29. The van der Waals surface area contributed by atoms with Crippen molar-refractivity contribution in [3.8, 4) is 11.5 Å². The summed E-state index contributed by atoms with van der Waals surface area (Å²) >= 11 is 0. The Balaban J connectivity index is 2.25. The summed E-state index contributed by atoms with van der Waals surface area (Å²) < 4.78 is 5.87. The molecule has 0 amide bonds. The van der Waals surface area contributed by atoms with E-state index in [1.54, 1.807) is 0 Å². The Kier molecular flexibility index (Phi) is 2.63. The van der Waals surface area contributed by atoms with Crippen LogP contribution in [-0.2, 0) is 6.42 Å². The molecule has 1 aromatic heterocycles. The van der Waals surface area contributed by atoms with Crippen LogP contribution < -0.4 is 0 Å². The van der Waals surface area contributed by atoms with Gasteiger partial charge in [-0.25, -0.2) is 4.98 Å². The summed E-state index contributed by atoms with van der Waals surface area (Å²) in [4.78, 5) is 4.59. The lowest BCUT2D eigenvalue weighted by molar-refractivity contribution is 0.618. The highest BCUT2D eigenvalue weighted by molar-refractivity contribution is 5.77. The Labute approximate surface area is 106 Å². The van der Waals surface area contributed by atoms with Crippen molar-refractivity contribution in [3.05, 3.63) is 53.6 Å². The minimum atomic E-state index is 0.728. The number of fused-ring (bicyclic) bond motifs is 1. The number of rotatable bonds is 2. The summed E-state index contributed by atoms with van der Waals surface area (Å²) in [7, 11) is 0. The minimum absolute atomic E-state index is 0.728. The van der Waals surface area contributed by atoms with Crippen molar-refractivity contribution < 1.29 is 4.42 Å². The molecule has 0 bridgehead atoms. The smallest absolute Gasteiger partial charge is 0.227 e. The molecule has 2 nitrogen and oxygen atoms in total. The Bertz CT molecular complexity index is 664. The van der Waals surface area contributed by atoms with Crippen molar-refractivity contribution in [2.75, 3.05) is 0 Å². The summed E-state index contributed by atoms with van der Waals surface area (Å²) in [6.45, 7) is 4.25. The van der Waals surface area contributed by atoms with E-state index in [9.17, 15) is 0 Å². The van der Waals surface area contributed by atoms with Crippen LogP contribution >= 0.6 is 0 Å². The van der Waals surface area contributed by atoms with Gasteiger partial charge in [0.1, 0.15) is 5.52 Å². The fraction of sp³-hybridized carbons (Fsp3) is 0.188. The van der Waals surface area contributed by atoms with Crippen LogP contribution in [0, 0.1) is 6.92 Å². The van der Waals surface area contributed by atoms with Crippen molar-refractivity contribution >= 4 is 11.1 Å². The van der Waals surface area contributed by atoms with Gasteiger partial charge in [0.2, 0.25) is 5.89 Å². The molecule has 0 aliphatic heterocycles. The van der Waals surface area contributed by atoms with Gasteiger partial charge in [-0.05, 0) is 36.6 Å². The molecule has 0 unspecified atom stereocenters. The van der Waals surface area contributed by atoms with Crippen LogP contribution in [-0.4, -0.2) is 4.98 Å². The molecule has 1 heterocycles. The molecule has 0 saturated heterocycles. The van der Waals surface area contributed by atoms with Gasteiger partial charge in [0.15, 0.2) is 5.58 Å². The number of aromatic nitrogens is 1. The van der Waals surface area contributed by atoms with E-state index in [1.165, 1.54) is 11.1 Å². The molecule has 0 aliphatic carbocycles. The fourth-order valence-electron chi connectivity index (χ4n) is 2.31. The van der Waals surface area contributed by atoms with Crippen molar-refractivity contribution in [2.45, 2.75) is 20.3 Å². The Morgan fingerprint density at radius 3 is 2.67 bits per heavy atom. The third-order valence-electron chi connectivity index (χ3n) is 3.25. The molecule has 2 aromatic carbocycles. The van der Waals surface area contributed by atoms with E-state index in [0.717, 1.165) is 29.0 Å². The molecule has 0 radical (unpaired) electrons. The van der Waals surface area contributed by atoms with E-state index in [1.807, 2.05) is 24.3 Å². The van der Waals surface area contributed by atoms with Crippen molar-refractivity contribution in [3.63, 3.8) is 0 Å². The molecule has 18 heavy (non-hydrogen) atoms. The second-order valence-electron chi connectivity index (χ2n) is 4.45. The van der Waals surface area contributed by atoms with E-state index >= 15 is 0 Å². The van der Waals surface area contributed by atoms with Gasteiger partial charge in [-0.3, -0.25) is 0 Å². The number of hydrogen-bond donors (Lipinski definition) is 0. The Morgan fingerprint density at radius 2 is 1.89 bits per heavy atom. The van der Waals surface area contributed by atoms with E-state index < -0.39 is 0 Å². The van der Waals surface area contributed by atoms with Crippen LogP contribution in [0.15, 0.2) is 46.9 Å². The maximum absolute atomic E-state index is 5.87. The third kappa shape index (κ3) is 1.70. The summed E-state index contributed by atoms with van der Waals surface area (Å²) in [6, 6.07) is 14.2. The molecule has 3 aromatic rings. The number of hydrogen-bond acceptors (Lipinski definition) is 2. The number of benzene rings is 2. The van der Waals surface area contributed by atoms with Crippen LogP contribution in [0.3, 0.4) is 0 Å². The van der Waals surface area contributed by atoms with Gasteiger partial charge in [0, 0.05) is 5.56 Å². The summed E-state index contributed by atoms with van der Waals surface area (Å²) in [5.74, 6) is 0.728. The first-order valence-corrected chi connectivity index (χ1v) is 6.24. The van der Waals surface area contributed by atoms with Gasteiger partial charge in [-0.1, -0.05) is 37.3 Å². The lowest BCUT2D eigenvalue weighted by Crippen LogP contribution is -1.91. The molecule has 0 atom stereocenters. The van der Waals surface area contributed by atoms with Gasteiger partial charge in [-0.15, -0.1) is 0 Å². The van der Waals surface area contributed by atoms with E-state index in [2.05, 4.69) is 37.0 Å². The van der Waals surface area contributed by atoms with Gasteiger partial charge in [0.25, 0.3) is 0 Å². The molecule has 0 N–H and O–H groups in total. The lowest BCUT2D eigenvalue weighted by Gasteiger charge is -2.07. The van der Waals surface area contributed by atoms with E-state index in [-0.39, 0.29) is 0 Å². The molecule has 3 rings (SSSR count). The van der Waals surface area contributed by atoms with Gasteiger partial charge >= 0.3 is 0 Å². The number of para-hydroxylation sites is 2. The number of nitrogens with zero attached hydrogens (tertiary/aromatic N) is 1. The first kappa shape index (κ1) is 11.0.